The van der Waals surface area contributed by atoms with E-state index in [1.807, 2.05) is 12.2 Å². The molecule has 0 amide bonds. The maximum absolute atomic E-state index is 4.05. The lowest BCUT2D eigenvalue weighted by Gasteiger charge is -2.24. The molecule has 0 spiro atoms. The first kappa shape index (κ1) is 19.5. The van der Waals surface area contributed by atoms with Crippen molar-refractivity contribution in [3.63, 3.8) is 0 Å². The maximum atomic E-state index is 4.05. The molecule has 0 saturated heterocycles. The van der Waals surface area contributed by atoms with Crippen LogP contribution in [-0.4, -0.2) is 0 Å². The summed E-state index contributed by atoms with van der Waals surface area (Å²) in [5.41, 5.74) is 6.94. The number of rotatable bonds is 7. The molecule has 1 aliphatic rings. The molecule has 126 valence electrons. The first-order valence-corrected chi connectivity index (χ1v) is 8.90. The minimum atomic E-state index is 0.449. The minimum Gasteiger partial charge on any atom is -0.0988 e. The zero-order valence-corrected chi connectivity index (χ0v) is 15.8. The van der Waals surface area contributed by atoms with Crippen molar-refractivity contribution in [1.29, 1.82) is 0 Å². The molecule has 0 aliphatic heterocycles. The van der Waals surface area contributed by atoms with Crippen LogP contribution < -0.4 is 0 Å². The van der Waals surface area contributed by atoms with Crippen LogP contribution in [0.4, 0.5) is 0 Å². The normalized spacial score (nSPS) is 18.4. The first-order valence-electron chi connectivity index (χ1n) is 8.90. The monoisotopic (exact) mass is 310 g/mol. The van der Waals surface area contributed by atoms with Crippen LogP contribution in [0, 0.1) is 11.8 Å². The maximum Gasteiger partial charge on any atom is -0.0124 e. The highest BCUT2D eigenvalue weighted by molar-refractivity contribution is 5.36. The van der Waals surface area contributed by atoms with Gasteiger partial charge >= 0.3 is 0 Å². The van der Waals surface area contributed by atoms with E-state index < -0.39 is 0 Å². The predicted molar refractivity (Wildman–Crippen MR) is 105 cm³/mol. The molecule has 2 unspecified atom stereocenters. The van der Waals surface area contributed by atoms with Crippen molar-refractivity contribution in [2.75, 3.05) is 0 Å². The summed E-state index contributed by atoms with van der Waals surface area (Å²) in [4.78, 5) is 0. The highest BCUT2D eigenvalue weighted by Gasteiger charge is 2.18. The molecule has 0 nitrogen and oxygen atoms in total. The van der Waals surface area contributed by atoms with Crippen LogP contribution in [0.25, 0.3) is 0 Å². The van der Waals surface area contributed by atoms with Gasteiger partial charge in [-0.25, -0.2) is 0 Å². The second-order valence-electron chi connectivity index (χ2n) is 7.03. The van der Waals surface area contributed by atoms with Crippen LogP contribution in [-0.2, 0) is 0 Å². The van der Waals surface area contributed by atoms with Crippen LogP contribution in [0.15, 0.2) is 71.4 Å². The molecule has 0 radical (unpaired) electrons. The molecule has 1 aliphatic carbocycles. The van der Waals surface area contributed by atoms with Gasteiger partial charge in [0, 0.05) is 0 Å². The molecule has 0 aromatic heterocycles. The topological polar surface area (TPSA) is 0 Å². The molecule has 1 rings (SSSR count). The lowest BCUT2D eigenvalue weighted by Crippen LogP contribution is -2.13. The van der Waals surface area contributed by atoms with Gasteiger partial charge in [-0.05, 0) is 69.4 Å². The lowest BCUT2D eigenvalue weighted by molar-refractivity contribution is 0.517. The van der Waals surface area contributed by atoms with Gasteiger partial charge in [0.2, 0.25) is 0 Å². The zero-order chi connectivity index (χ0) is 17.4. The Morgan fingerprint density at radius 3 is 2.04 bits per heavy atom. The van der Waals surface area contributed by atoms with Crippen LogP contribution in [0.3, 0.4) is 0 Å². The fraction of sp³-hybridized carbons (Fsp3) is 0.478. The third-order valence-corrected chi connectivity index (χ3v) is 5.04. The summed E-state index contributed by atoms with van der Waals surface area (Å²) in [5.74, 6) is 0.908. The first-order chi connectivity index (χ1) is 10.9. The van der Waals surface area contributed by atoms with E-state index in [1.54, 1.807) is 5.57 Å². The zero-order valence-electron chi connectivity index (χ0n) is 15.8. The van der Waals surface area contributed by atoms with Gasteiger partial charge in [-0.1, -0.05) is 74.1 Å². The molecular formula is C23H34. The standard InChI is InChI=1S/C23H34/c1-8-18(5)16-23(17(3)4)20(7)19(6)22(9-2)15-14-21-12-10-11-13-21/h8-9,14-16,19-20H,1-2,10-13H2,3-7H3/b18-16-,22-15+. The molecule has 1 saturated carbocycles. The van der Waals surface area contributed by atoms with Crippen molar-refractivity contribution in [3.8, 4) is 0 Å². The van der Waals surface area contributed by atoms with E-state index in [9.17, 15) is 0 Å². The van der Waals surface area contributed by atoms with E-state index >= 15 is 0 Å². The van der Waals surface area contributed by atoms with Crippen molar-refractivity contribution in [2.24, 2.45) is 11.8 Å². The van der Waals surface area contributed by atoms with Crippen LogP contribution in [0.1, 0.15) is 60.3 Å². The van der Waals surface area contributed by atoms with E-state index in [0.717, 1.165) is 0 Å². The van der Waals surface area contributed by atoms with Crippen LogP contribution >= 0.6 is 0 Å². The number of hydrogen-bond acceptors (Lipinski definition) is 0. The fourth-order valence-electron chi connectivity index (χ4n) is 3.21. The molecule has 0 heteroatoms. The second kappa shape index (κ2) is 9.55. The lowest BCUT2D eigenvalue weighted by atomic mass is 9.81. The highest BCUT2D eigenvalue weighted by atomic mass is 14.2. The van der Waals surface area contributed by atoms with E-state index in [4.69, 9.17) is 0 Å². The van der Waals surface area contributed by atoms with Crippen LogP contribution in [0.5, 0.6) is 0 Å². The summed E-state index contributed by atoms with van der Waals surface area (Å²) in [7, 11) is 0. The summed E-state index contributed by atoms with van der Waals surface area (Å²) >= 11 is 0. The average Bonchev–Trinajstić information content (AvgIpc) is 3.05. The minimum absolute atomic E-state index is 0.449. The third kappa shape index (κ3) is 5.86. The molecular weight excluding hydrogens is 276 g/mol. The molecule has 0 N–H and O–H groups in total. The quantitative estimate of drug-likeness (QED) is 0.431. The molecule has 2 atom stereocenters. The summed E-state index contributed by atoms with van der Waals surface area (Å²) in [6.07, 6.45) is 16.1. The fourth-order valence-corrected chi connectivity index (χ4v) is 3.21. The number of hydrogen-bond donors (Lipinski definition) is 0. The Morgan fingerprint density at radius 1 is 0.957 bits per heavy atom. The average molecular weight is 311 g/mol. The van der Waals surface area contributed by atoms with Gasteiger partial charge in [-0.2, -0.15) is 0 Å². The van der Waals surface area contributed by atoms with Crippen molar-refractivity contribution in [1.82, 2.24) is 0 Å². The molecule has 1 fully saturated rings. The smallest absolute Gasteiger partial charge is 0.0124 e. The highest BCUT2D eigenvalue weighted by Crippen LogP contribution is 2.31. The summed E-state index contributed by atoms with van der Waals surface area (Å²) in [6.45, 7) is 19.1. The Bertz CT molecular complexity index is 537. The SMILES string of the molecule is C=C/C(C)=C\C(=C(C)C)C(C)C(C)/C(C=C)=C/C=C1CCCC1. The van der Waals surface area contributed by atoms with Crippen molar-refractivity contribution in [3.05, 3.63) is 71.4 Å². The van der Waals surface area contributed by atoms with Gasteiger partial charge < -0.3 is 0 Å². The van der Waals surface area contributed by atoms with E-state index in [2.05, 4.69) is 66.0 Å². The Morgan fingerprint density at radius 2 is 1.57 bits per heavy atom. The van der Waals surface area contributed by atoms with E-state index in [0.29, 0.717) is 11.8 Å². The molecule has 0 aromatic carbocycles. The summed E-state index contributed by atoms with van der Waals surface area (Å²) in [6, 6.07) is 0. The largest absolute Gasteiger partial charge is 0.0988 e. The molecule has 23 heavy (non-hydrogen) atoms. The van der Waals surface area contributed by atoms with Crippen LogP contribution in [0.2, 0.25) is 0 Å². The molecule has 0 bridgehead atoms. The van der Waals surface area contributed by atoms with Gasteiger partial charge in [0.25, 0.3) is 0 Å². The Balaban J connectivity index is 3.03. The Kier molecular flexibility index (Phi) is 8.09. The van der Waals surface area contributed by atoms with Crippen molar-refractivity contribution < 1.29 is 0 Å². The van der Waals surface area contributed by atoms with Gasteiger partial charge in [0.05, 0.1) is 0 Å². The predicted octanol–water partition coefficient (Wildman–Crippen LogP) is 7.34. The Labute approximate surface area is 144 Å². The summed E-state index contributed by atoms with van der Waals surface area (Å²) < 4.78 is 0. The second-order valence-corrected chi connectivity index (χ2v) is 7.03. The number of allylic oxidation sites excluding steroid dienone is 10. The van der Waals surface area contributed by atoms with E-state index in [1.165, 1.54) is 48.0 Å². The Hall–Kier alpha value is -1.56. The van der Waals surface area contributed by atoms with Gasteiger partial charge in [-0.15, -0.1) is 0 Å². The van der Waals surface area contributed by atoms with Crippen molar-refractivity contribution in [2.45, 2.75) is 60.3 Å². The summed E-state index contributed by atoms with van der Waals surface area (Å²) in [5, 5.41) is 0. The molecule has 0 heterocycles. The van der Waals surface area contributed by atoms with E-state index in [-0.39, 0.29) is 0 Å². The molecule has 0 aromatic rings. The van der Waals surface area contributed by atoms with Gasteiger partial charge in [0.1, 0.15) is 0 Å². The van der Waals surface area contributed by atoms with Gasteiger partial charge in [-0.3, -0.25) is 0 Å². The third-order valence-electron chi connectivity index (χ3n) is 5.04. The van der Waals surface area contributed by atoms with Crippen molar-refractivity contribution >= 4 is 0 Å². The van der Waals surface area contributed by atoms with Gasteiger partial charge in [0.15, 0.2) is 0 Å².